The highest BCUT2D eigenvalue weighted by atomic mass is 35.5. The van der Waals surface area contributed by atoms with Gasteiger partial charge in [-0.15, -0.1) is 11.6 Å². The largest absolute Gasteiger partial charge is 0.265 e. The predicted octanol–water partition coefficient (Wildman–Crippen LogP) is 1.57. The van der Waals surface area contributed by atoms with Crippen LogP contribution in [0, 0.1) is 0 Å². The zero-order valence-electron chi connectivity index (χ0n) is 8.71. The summed E-state index contributed by atoms with van der Waals surface area (Å²) in [6.07, 6.45) is 5.18. The third-order valence-electron chi connectivity index (χ3n) is 2.54. The minimum absolute atomic E-state index is 0.136. The lowest BCUT2D eigenvalue weighted by atomic mass is 10.3. The molecule has 1 aromatic rings. The van der Waals surface area contributed by atoms with E-state index in [1.165, 1.54) is 4.31 Å². The molecule has 0 spiro atoms. The summed E-state index contributed by atoms with van der Waals surface area (Å²) in [5.74, 6) is 0. The van der Waals surface area contributed by atoms with Crippen molar-refractivity contribution in [2.24, 2.45) is 0 Å². The minimum Gasteiger partial charge on any atom is -0.265 e. The van der Waals surface area contributed by atoms with Gasteiger partial charge in [0.15, 0.2) is 0 Å². The van der Waals surface area contributed by atoms with E-state index < -0.39 is 10.0 Å². The van der Waals surface area contributed by atoms with Crippen molar-refractivity contribution in [3.05, 3.63) is 30.1 Å². The van der Waals surface area contributed by atoms with Crippen LogP contribution in [0.3, 0.4) is 0 Å². The summed E-state index contributed by atoms with van der Waals surface area (Å²) in [5, 5.41) is -0.353. The molecule has 1 heterocycles. The number of aromatic nitrogens is 1. The van der Waals surface area contributed by atoms with Crippen LogP contribution in [0.1, 0.15) is 18.4 Å². The normalized spacial score (nSPS) is 16.6. The Balaban J connectivity index is 2.16. The fourth-order valence-corrected chi connectivity index (χ4v) is 3.06. The molecule has 0 bridgehead atoms. The van der Waals surface area contributed by atoms with E-state index in [-0.39, 0.29) is 11.3 Å². The second-order valence-corrected chi connectivity index (χ2v) is 6.36. The van der Waals surface area contributed by atoms with E-state index >= 15 is 0 Å². The molecule has 0 N–H and O–H groups in total. The van der Waals surface area contributed by atoms with Crippen LogP contribution in [0.15, 0.2) is 24.5 Å². The Morgan fingerprint density at radius 1 is 1.38 bits per heavy atom. The Kier molecular flexibility index (Phi) is 3.47. The molecule has 0 amide bonds. The van der Waals surface area contributed by atoms with Crippen molar-refractivity contribution in [1.82, 2.24) is 9.29 Å². The highest BCUT2D eigenvalue weighted by molar-refractivity contribution is 7.90. The monoisotopic (exact) mass is 260 g/mol. The fraction of sp³-hybridized carbons (Fsp3) is 0.500. The van der Waals surface area contributed by atoms with Crippen molar-refractivity contribution in [2.75, 3.05) is 5.21 Å². The van der Waals surface area contributed by atoms with Gasteiger partial charge in [-0.25, -0.2) is 8.42 Å². The number of rotatable bonds is 5. The Morgan fingerprint density at radius 2 is 2.00 bits per heavy atom. The van der Waals surface area contributed by atoms with Crippen molar-refractivity contribution >= 4 is 21.6 Å². The van der Waals surface area contributed by atoms with Crippen LogP contribution in [-0.2, 0) is 16.6 Å². The third-order valence-corrected chi connectivity index (χ3v) is 4.78. The molecular formula is C10H13ClN2O2S. The minimum atomic E-state index is -3.32. The van der Waals surface area contributed by atoms with Crippen molar-refractivity contribution < 1.29 is 8.42 Å². The van der Waals surface area contributed by atoms with E-state index in [2.05, 4.69) is 4.98 Å². The number of hydrogen-bond acceptors (Lipinski definition) is 3. The number of pyridine rings is 1. The van der Waals surface area contributed by atoms with E-state index in [9.17, 15) is 8.42 Å². The number of nitrogens with zero attached hydrogens (tertiary/aromatic N) is 2. The van der Waals surface area contributed by atoms with Gasteiger partial charge >= 0.3 is 0 Å². The molecule has 1 aliphatic carbocycles. The highest BCUT2D eigenvalue weighted by Crippen LogP contribution is 2.31. The first-order chi connectivity index (χ1) is 7.63. The number of halogens is 1. The average molecular weight is 261 g/mol. The first kappa shape index (κ1) is 11.8. The Labute approximate surface area is 100 Å². The summed E-state index contributed by atoms with van der Waals surface area (Å²) in [6.45, 7) is 0.391. The third kappa shape index (κ3) is 2.72. The molecule has 1 aliphatic rings. The molecule has 4 nitrogen and oxygen atoms in total. The molecule has 1 saturated carbocycles. The molecule has 1 aromatic heterocycles. The smallest absolute Gasteiger partial charge is 0.228 e. The summed E-state index contributed by atoms with van der Waals surface area (Å²) in [7, 11) is -3.32. The summed E-state index contributed by atoms with van der Waals surface area (Å²) >= 11 is 5.48. The van der Waals surface area contributed by atoms with Gasteiger partial charge in [0, 0.05) is 25.0 Å². The van der Waals surface area contributed by atoms with Crippen LogP contribution < -0.4 is 0 Å². The first-order valence-electron chi connectivity index (χ1n) is 5.08. The first-order valence-corrected chi connectivity index (χ1v) is 7.22. The molecular weight excluding hydrogens is 248 g/mol. The number of hydrogen-bond donors (Lipinski definition) is 0. The molecule has 0 aromatic carbocycles. The number of sulfonamides is 1. The van der Waals surface area contributed by atoms with Crippen molar-refractivity contribution in [1.29, 1.82) is 0 Å². The molecule has 0 saturated heterocycles. The summed E-state index contributed by atoms with van der Waals surface area (Å²) < 4.78 is 25.0. The summed E-state index contributed by atoms with van der Waals surface area (Å²) in [4.78, 5) is 3.90. The highest BCUT2D eigenvalue weighted by Gasteiger charge is 2.36. The van der Waals surface area contributed by atoms with Gasteiger partial charge < -0.3 is 0 Å². The molecule has 0 aliphatic heterocycles. The van der Waals surface area contributed by atoms with Gasteiger partial charge in [-0.2, -0.15) is 4.31 Å². The molecule has 0 radical (unpaired) electrons. The lowest BCUT2D eigenvalue weighted by Gasteiger charge is -2.20. The molecule has 88 valence electrons. The van der Waals surface area contributed by atoms with Crippen LogP contribution in [0.4, 0.5) is 0 Å². The van der Waals surface area contributed by atoms with Crippen LogP contribution in [0.2, 0.25) is 0 Å². The van der Waals surface area contributed by atoms with Crippen molar-refractivity contribution in [3.63, 3.8) is 0 Å². The van der Waals surface area contributed by atoms with Gasteiger partial charge in [0.05, 0.1) is 0 Å². The molecule has 0 atom stereocenters. The topological polar surface area (TPSA) is 50.3 Å². The molecule has 16 heavy (non-hydrogen) atoms. The number of alkyl halides is 1. The molecule has 1 fully saturated rings. The second kappa shape index (κ2) is 4.69. The maximum atomic E-state index is 11.8. The Hall–Kier alpha value is -0.650. The standard InChI is InChI=1S/C10H13ClN2O2S/c11-8-16(14,15)13(10-1-2-10)7-9-3-5-12-6-4-9/h3-6,10H,1-2,7-8H2. The average Bonchev–Trinajstić information content (AvgIpc) is 3.11. The van der Waals surface area contributed by atoms with Crippen LogP contribution in [0.25, 0.3) is 0 Å². The lowest BCUT2D eigenvalue weighted by molar-refractivity contribution is 0.401. The van der Waals surface area contributed by atoms with Gasteiger partial charge in [0.25, 0.3) is 0 Å². The predicted molar refractivity (Wildman–Crippen MR) is 62.4 cm³/mol. The van der Waals surface area contributed by atoms with Crippen LogP contribution in [0.5, 0.6) is 0 Å². The zero-order chi connectivity index (χ0) is 11.6. The zero-order valence-corrected chi connectivity index (χ0v) is 10.3. The molecule has 6 heteroatoms. The Morgan fingerprint density at radius 3 is 2.50 bits per heavy atom. The molecule has 0 unspecified atom stereocenters. The summed E-state index contributed by atoms with van der Waals surface area (Å²) in [6, 6.07) is 3.77. The van der Waals surface area contributed by atoms with E-state index in [1.54, 1.807) is 12.4 Å². The van der Waals surface area contributed by atoms with E-state index in [1.807, 2.05) is 12.1 Å². The maximum Gasteiger partial charge on any atom is 0.228 e. The van der Waals surface area contributed by atoms with E-state index in [0.29, 0.717) is 6.54 Å². The van der Waals surface area contributed by atoms with E-state index in [4.69, 9.17) is 11.6 Å². The molecule has 2 rings (SSSR count). The second-order valence-electron chi connectivity index (χ2n) is 3.85. The quantitative estimate of drug-likeness (QED) is 0.755. The summed E-state index contributed by atoms with van der Waals surface area (Å²) in [5.41, 5.74) is 0.940. The van der Waals surface area contributed by atoms with Gasteiger partial charge in [-0.3, -0.25) is 4.98 Å². The van der Waals surface area contributed by atoms with Gasteiger partial charge in [-0.1, -0.05) is 0 Å². The van der Waals surface area contributed by atoms with Gasteiger partial charge in [-0.05, 0) is 30.5 Å². The lowest BCUT2D eigenvalue weighted by Crippen LogP contribution is -2.33. The van der Waals surface area contributed by atoms with Gasteiger partial charge in [0.2, 0.25) is 10.0 Å². The van der Waals surface area contributed by atoms with E-state index in [0.717, 1.165) is 18.4 Å². The fourth-order valence-electron chi connectivity index (χ4n) is 1.55. The maximum absolute atomic E-state index is 11.8. The van der Waals surface area contributed by atoms with Crippen LogP contribution in [-0.4, -0.2) is 29.0 Å². The van der Waals surface area contributed by atoms with Gasteiger partial charge in [0.1, 0.15) is 5.21 Å². The van der Waals surface area contributed by atoms with Crippen molar-refractivity contribution in [2.45, 2.75) is 25.4 Å². The van der Waals surface area contributed by atoms with Crippen molar-refractivity contribution in [3.8, 4) is 0 Å². The Bertz CT molecular complexity index is 445. The SMILES string of the molecule is O=S(=O)(CCl)N(Cc1ccncc1)C1CC1. The van der Waals surface area contributed by atoms with Crippen LogP contribution >= 0.6 is 11.6 Å².